The molecule has 3 heteroatoms. The second-order valence-corrected chi connectivity index (χ2v) is 5.66. The second-order valence-electron chi connectivity index (χ2n) is 5.66. The van der Waals surface area contributed by atoms with E-state index >= 15 is 0 Å². The predicted octanol–water partition coefficient (Wildman–Crippen LogP) is 2.96. The number of halogens is 1. The molecule has 0 aliphatic carbocycles. The van der Waals surface area contributed by atoms with Gasteiger partial charge in [0.1, 0.15) is 5.82 Å². The molecule has 1 aliphatic heterocycles. The lowest BCUT2D eigenvalue weighted by Gasteiger charge is -2.36. The van der Waals surface area contributed by atoms with E-state index in [9.17, 15) is 4.39 Å². The van der Waals surface area contributed by atoms with Gasteiger partial charge in [-0.05, 0) is 37.0 Å². The van der Waals surface area contributed by atoms with Crippen LogP contribution in [0.1, 0.15) is 25.8 Å². The van der Waals surface area contributed by atoms with Crippen molar-refractivity contribution in [3.8, 4) is 0 Å². The maximum absolute atomic E-state index is 13.6. The second kappa shape index (κ2) is 5.70. The van der Waals surface area contributed by atoms with Gasteiger partial charge in [-0.2, -0.15) is 0 Å². The Labute approximate surface area is 109 Å². The summed E-state index contributed by atoms with van der Waals surface area (Å²) in [6, 6.07) is 6.07. The first-order valence-corrected chi connectivity index (χ1v) is 6.80. The van der Waals surface area contributed by atoms with Gasteiger partial charge in [-0.25, -0.2) is 4.39 Å². The fraction of sp³-hybridized carbons (Fsp3) is 0.600. The number of hydrogen-bond acceptors (Lipinski definition) is 2. The number of anilines is 1. The summed E-state index contributed by atoms with van der Waals surface area (Å²) >= 11 is 0. The maximum atomic E-state index is 13.6. The molecule has 2 nitrogen and oxygen atoms in total. The molecule has 0 aromatic heterocycles. The van der Waals surface area contributed by atoms with E-state index in [1.807, 2.05) is 12.1 Å². The first kappa shape index (κ1) is 13.3. The van der Waals surface area contributed by atoms with E-state index in [1.54, 1.807) is 13.0 Å². The number of rotatable bonds is 3. The summed E-state index contributed by atoms with van der Waals surface area (Å²) in [5, 5.41) is 3.54. The monoisotopic (exact) mass is 250 g/mol. The van der Waals surface area contributed by atoms with Crippen molar-refractivity contribution < 1.29 is 4.39 Å². The molecule has 1 saturated heterocycles. The molecule has 100 valence electrons. The highest BCUT2D eigenvalue weighted by Gasteiger charge is 2.20. The molecule has 1 N–H and O–H groups in total. The summed E-state index contributed by atoms with van der Waals surface area (Å²) in [6.45, 7) is 9.20. The van der Waals surface area contributed by atoms with E-state index in [0.717, 1.165) is 25.3 Å². The molecule has 0 amide bonds. The smallest absolute Gasteiger partial charge is 0.128 e. The van der Waals surface area contributed by atoms with Crippen LogP contribution in [0.25, 0.3) is 0 Å². The Kier molecular flexibility index (Phi) is 4.23. The number of nitrogens with zero attached hydrogens (tertiary/aromatic N) is 1. The van der Waals surface area contributed by atoms with Crippen LogP contribution in [0.15, 0.2) is 18.2 Å². The van der Waals surface area contributed by atoms with E-state index < -0.39 is 0 Å². The first-order valence-electron chi connectivity index (χ1n) is 6.80. The Hall–Kier alpha value is -1.09. The maximum Gasteiger partial charge on any atom is 0.128 e. The molecule has 1 heterocycles. The van der Waals surface area contributed by atoms with E-state index in [2.05, 4.69) is 24.1 Å². The number of piperazine rings is 1. The van der Waals surface area contributed by atoms with Crippen molar-refractivity contribution in [1.82, 2.24) is 5.32 Å². The first-order chi connectivity index (χ1) is 8.56. The third kappa shape index (κ3) is 3.22. The normalized spacial score (nSPS) is 20.5. The van der Waals surface area contributed by atoms with Crippen LogP contribution in [0, 0.1) is 18.7 Å². The van der Waals surface area contributed by atoms with Gasteiger partial charge in [-0.3, -0.25) is 0 Å². The van der Waals surface area contributed by atoms with Crippen LogP contribution in [0.3, 0.4) is 0 Å². The van der Waals surface area contributed by atoms with Crippen molar-refractivity contribution in [3.05, 3.63) is 29.6 Å². The average molecular weight is 250 g/mol. The van der Waals surface area contributed by atoms with Gasteiger partial charge in [0, 0.05) is 31.4 Å². The predicted molar refractivity (Wildman–Crippen MR) is 74.6 cm³/mol. The molecule has 2 rings (SSSR count). The van der Waals surface area contributed by atoms with Crippen molar-refractivity contribution in [3.63, 3.8) is 0 Å². The lowest BCUT2D eigenvalue weighted by molar-refractivity contribution is 0.388. The Morgan fingerprint density at radius 3 is 2.89 bits per heavy atom. The summed E-state index contributed by atoms with van der Waals surface area (Å²) < 4.78 is 13.6. The Balaban J connectivity index is 2.05. The van der Waals surface area contributed by atoms with Crippen LogP contribution in [-0.4, -0.2) is 25.7 Å². The highest BCUT2D eigenvalue weighted by molar-refractivity contribution is 5.48. The summed E-state index contributed by atoms with van der Waals surface area (Å²) in [4.78, 5) is 2.28. The molecule has 1 unspecified atom stereocenters. The number of nitrogens with one attached hydrogen (secondary N) is 1. The topological polar surface area (TPSA) is 15.3 Å². The van der Waals surface area contributed by atoms with Crippen LogP contribution in [-0.2, 0) is 0 Å². The van der Waals surface area contributed by atoms with E-state index in [1.165, 1.54) is 6.42 Å². The zero-order valence-corrected chi connectivity index (χ0v) is 11.5. The summed E-state index contributed by atoms with van der Waals surface area (Å²) in [7, 11) is 0. The molecule has 1 fully saturated rings. The molecule has 0 bridgehead atoms. The minimum atomic E-state index is -0.105. The number of benzene rings is 1. The van der Waals surface area contributed by atoms with Gasteiger partial charge in [-0.1, -0.05) is 19.9 Å². The van der Waals surface area contributed by atoms with Gasteiger partial charge in [0.2, 0.25) is 0 Å². The molecule has 18 heavy (non-hydrogen) atoms. The molecule has 1 aliphatic rings. The van der Waals surface area contributed by atoms with Gasteiger partial charge >= 0.3 is 0 Å². The zero-order valence-electron chi connectivity index (χ0n) is 11.5. The molecule has 1 aromatic carbocycles. The van der Waals surface area contributed by atoms with Crippen LogP contribution in [0.2, 0.25) is 0 Å². The van der Waals surface area contributed by atoms with E-state index in [-0.39, 0.29) is 5.82 Å². The number of hydrogen-bond donors (Lipinski definition) is 1. The fourth-order valence-corrected chi connectivity index (χ4v) is 2.57. The minimum absolute atomic E-state index is 0.105. The van der Waals surface area contributed by atoms with Gasteiger partial charge in [0.05, 0.1) is 0 Å². The Morgan fingerprint density at radius 1 is 1.44 bits per heavy atom. The lowest BCUT2D eigenvalue weighted by atomic mass is 10.0. The fourth-order valence-electron chi connectivity index (χ4n) is 2.57. The van der Waals surface area contributed by atoms with Gasteiger partial charge < -0.3 is 10.2 Å². The van der Waals surface area contributed by atoms with Gasteiger partial charge in [0.25, 0.3) is 0 Å². The largest absolute Gasteiger partial charge is 0.369 e. The van der Waals surface area contributed by atoms with Crippen molar-refractivity contribution in [2.45, 2.75) is 33.2 Å². The summed E-state index contributed by atoms with van der Waals surface area (Å²) in [5.74, 6) is 0.587. The third-order valence-corrected chi connectivity index (χ3v) is 3.53. The standard InChI is InChI=1S/C15H23FN2/c1-11(2)8-13-10-18(7-6-17-13)14-5-4-12(3)15(16)9-14/h4-5,9,11,13,17H,6-8,10H2,1-3H3. The molecule has 0 spiro atoms. The molecular weight excluding hydrogens is 227 g/mol. The van der Waals surface area contributed by atoms with Crippen molar-refractivity contribution in [2.75, 3.05) is 24.5 Å². The Morgan fingerprint density at radius 2 is 2.22 bits per heavy atom. The molecule has 1 aromatic rings. The number of aryl methyl sites for hydroxylation is 1. The third-order valence-electron chi connectivity index (χ3n) is 3.53. The van der Waals surface area contributed by atoms with Crippen LogP contribution in [0.4, 0.5) is 10.1 Å². The molecule has 0 radical (unpaired) electrons. The van der Waals surface area contributed by atoms with Crippen molar-refractivity contribution in [2.24, 2.45) is 5.92 Å². The van der Waals surface area contributed by atoms with Gasteiger partial charge in [0.15, 0.2) is 0 Å². The van der Waals surface area contributed by atoms with Crippen molar-refractivity contribution in [1.29, 1.82) is 0 Å². The summed E-state index contributed by atoms with van der Waals surface area (Å²) in [6.07, 6.45) is 1.17. The van der Waals surface area contributed by atoms with Crippen LogP contribution < -0.4 is 10.2 Å². The molecule has 1 atom stereocenters. The summed E-state index contributed by atoms with van der Waals surface area (Å²) in [5.41, 5.74) is 1.72. The van der Waals surface area contributed by atoms with Crippen LogP contribution in [0.5, 0.6) is 0 Å². The van der Waals surface area contributed by atoms with E-state index in [4.69, 9.17) is 0 Å². The molecule has 0 saturated carbocycles. The van der Waals surface area contributed by atoms with Crippen molar-refractivity contribution >= 4 is 5.69 Å². The van der Waals surface area contributed by atoms with E-state index in [0.29, 0.717) is 17.5 Å². The SMILES string of the molecule is Cc1ccc(N2CCNC(CC(C)C)C2)cc1F. The minimum Gasteiger partial charge on any atom is -0.369 e. The average Bonchev–Trinajstić information content (AvgIpc) is 2.32. The van der Waals surface area contributed by atoms with Crippen LogP contribution >= 0.6 is 0 Å². The quantitative estimate of drug-likeness (QED) is 0.887. The zero-order chi connectivity index (χ0) is 13.1. The Bertz CT molecular complexity index is 403. The highest BCUT2D eigenvalue weighted by Crippen LogP contribution is 2.20. The van der Waals surface area contributed by atoms with Gasteiger partial charge in [-0.15, -0.1) is 0 Å². The highest BCUT2D eigenvalue weighted by atomic mass is 19.1. The molecular formula is C15H23FN2. The lowest BCUT2D eigenvalue weighted by Crippen LogP contribution is -2.51.